The number of carbonyl (C=O) groups is 8. The molecule has 12 N–H and O–H groups in total. The Morgan fingerprint density at radius 3 is 0.528 bits per heavy atom. The molecule has 0 radical (unpaired) electrons. The number of nitrogens with two attached hydrogens (primary N) is 4. The van der Waals surface area contributed by atoms with Crippen LogP contribution in [-0.4, -0.2) is 91.6 Å². The van der Waals surface area contributed by atoms with Gasteiger partial charge in [-0.3, -0.25) is 38.4 Å². The summed E-state index contributed by atoms with van der Waals surface area (Å²) in [5.74, 6) is -3.80. The molecule has 0 aliphatic carbocycles. The quantitative estimate of drug-likeness (QED) is 0.0261. The van der Waals surface area contributed by atoms with Gasteiger partial charge in [-0.25, -0.2) is 0 Å². The largest absolute Gasteiger partial charge is 0.480 e. The molecule has 464 valence electrons. The third-order valence-electron chi connectivity index (χ3n) is 14.1. The number of rotatable bonds is 24. The molecule has 0 heterocycles. The van der Waals surface area contributed by atoms with Crippen molar-refractivity contribution < 1.29 is 58.8 Å². The molecule has 0 aromatic heterocycles. The van der Waals surface area contributed by atoms with Crippen molar-refractivity contribution in [3.05, 3.63) is 283 Å². The van der Waals surface area contributed by atoms with Crippen molar-refractivity contribution in [2.24, 2.45) is 22.9 Å². The average molecular weight is 1210 g/mol. The predicted octanol–water partition coefficient (Wildman–Crippen LogP) is 10.1. The molecular weight excluding hydrogens is 1120 g/mol. The number of carboxylic acids is 4. The van der Waals surface area contributed by atoms with E-state index >= 15 is 0 Å². The molecule has 0 aliphatic rings. The summed E-state index contributed by atoms with van der Waals surface area (Å²) >= 11 is 0. The number of carbonyl (C=O) groups excluding carboxylic acids is 4. The zero-order valence-corrected chi connectivity index (χ0v) is 49.8. The van der Waals surface area contributed by atoms with Gasteiger partial charge in [-0.15, -0.1) is 0 Å². The molecule has 0 spiro atoms. The molecule has 16 nitrogen and oxygen atoms in total. The van der Waals surface area contributed by atoms with Crippen LogP contribution in [0.4, 0.5) is 0 Å². The van der Waals surface area contributed by atoms with Crippen LogP contribution in [0.3, 0.4) is 0 Å². The Morgan fingerprint density at radius 1 is 0.258 bits per heavy atom. The Bertz CT molecular complexity index is 3120. The number of hydrogen-bond acceptors (Lipinski definition) is 12. The van der Waals surface area contributed by atoms with Gasteiger partial charge in [0.25, 0.3) is 0 Å². The molecule has 0 saturated carbocycles. The Kier molecular flexibility index (Phi) is 28.7. The summed E-state index contributed by atoms with van der Waals surface area (Å²) in [5.41, 5.74) is 36.3. The van der Waals surface area contributed by atoms with Crippen LogP contribution in [0.5, 0.6) is 0 Å². The summed E-state index contributed by atoms with van der Waals surface area (Å²) in [4.78, 5) is 91.6. The van der Waals surface area contributed by atoms with E-state index in [0.29, 0.717) is 47.9 Å². The topological polar surface area (TPSA) is 322 Å². The maximum atomic E-state index is 12.2. The first-order valence-corrected chi connectivity index (χ1v) is 28.5. The maximum Gasteiger partial charge on any atom is 0.320 e. The molecule has 8 aromatic carbocycles. The van der Waals surface area contributed by atoms with Gasteiger partial charge in [-0.1, -0.05) is 224 Å². The molecule has 16 heteroatoms. The second-order valence-electron chi connectivity index (χ2n) is 21.7. The van der Waals surface area contributed by atoms with Gasteiger partial charge in [-0.2, -0.15) is 0 Å². The highest BCUT2D eigenvalue weighted by atomic mass is 16.4. The fraction of sp³-hybridized carbons (Fsp3) is 0.233. The maximum absolute atomic E-state index is 12.2. The minimum absolute atomic E-state index is 0. The zero-order chi connectivity index (χ0) is 64.5. The normalized spacial score (nSPS) is 11.8. The smallest absolute Gasteiger partial charge is 0.320 e. The summed E-state index contributed by atoms with van der Waals surface area (Å²) in [6, 6.07) is 55.7. The average Bonchev–Trinajstić information content (AvgIpc) is 3.71. The summed E-state index contributed by atoms with van der Waals surface area (Å²) in [6.45, 7) is 7.92. The Morgan fingerprint density at radius 2 is 0.393 bits per heavy atom. The molecule has 0 fully saturated rings. The molecule has 0 saturated heterocycles. The fourth-order valence-electron chi connectivity index (χ4n) is 8.65. The van der Waals surface area contributed by atoms with E-state index < -0.39 is 48.0 Å². The molecule has 0 amide bonds. The van der Waals surface area contributed by atoms with E-state index in [4.69, 9.17) is 43.4 Å². The number of carboxylic acid groups (broad SMARTS) is 4. The van der Waals surface area contributed by atoms with E-state index in [2.05, 4.69) is 0 Å². The van der Waals surface area contributed by atoms with Gasteiger partial charge in [0, 0.05) is 47.9 Å². The summed E-state index contributed by atoms with van der Waals surface area (Å²) < 4.78 is 0. The molecule has 0 aliphatic heterocycles. The third-order valence-corrected chi connectivity index (χ3v) is 14.1. The lowest BCUT2D eigenvalue weighted by Gasteiger charge is -2.07. The van der Waals surface area contributed by atoms with Crippen molar-refractivity contribution in [3.8, 4) is 0 Å². The van der Waals surface area contributed by atoms with Gasteiger partial charge < -0.3 is 43.4 Å². The van der Waals surface area contributed by atoms with Crippen molar-refractivity contribution in [2.75, 3.05) is 0 Å². The van der Waals surface area contributed by atoms with Gasteiger partial charge in [0.15, 0.2) is 23.1 Å². The van der Waals surface area contributed by atoms with E-state index in [-0.39, 0.29) is 56.2 Å². The monoisotopic (exact) mass is 1200 g/mol. The van der Waals surface area contributed by atoms with Crippen molar-refractivity contribution in [3.63, 3.8) is 0 Å². The minimum atomic E-state index is -1.02. The first kappa shape index (κ1) is 71.6. The van der Waals surface area contributed by atoms with Gasteiger partial charge in [-0.05, 0) is 97.9 Å². The van der Waals surface area contributed by atoms with Crippen LogP contribution in [0.25, 0.3) is 0 Å². The summed E-state index contributed by atoms with van der Waals surface area (Å²) in [7, 11) is 0. The van der Waals surface area contributed by atoms with Crippen molar-refractivity contribution in [2.45, 2.75) is 111 Å². The number of aliphatic carboxylic acids is 4. The van der Waals surface area contributed by atoms with Crippen LogP contribution in [0, 0.1) is 27.7 Å². The number of Topliss-reactive ketones (excluding diaryl/α,β-unsaturated/α-hetero) is 4. The molecule has 0 unspecified atom stereocenters. The SMILES string of the molecule is C.Cc1ccc(C(=O)Cc2ccc(C[C@@H](N)C(=O)O)cc2)cc1.Cc1ccc(C(=O)Cc2ccc(C[C@@H](N)C(=O)O)cc2)cc1.Cc1ccc(C(=O)Cc2ccc(C[C@H](N)C(=O)O)cc2)cc1.Cc1ccc(C(=O)Cc2ccc(C[C@H](N)C(=O)O)cc2)cc1. The molecule has 8 rings (SSSR count). The predicted molar refractivity (Wildman–Crippen MR) is 347 cm³/mol. The highest BCUT2D eigenvalue weighted by Gasteiger charge is 2.17. The standard InChI is InChI=1S/4C18H19NO3.CH4/c4*1-12-2-8-15(9-3-12)17(20)11-14-6-4-13(5-7-14)10-16(19)18(21)22;/h4*2-9,16H,10-11,19H2,1H3,(H,21,22);1H4/t4*16-;/m1100./s1. The minimum Gasteiger partial charge on any atom is -0.480 e. The molecule has 4 atom stereocenters. The molecular formula is C73H80N4O12. The highest BCUT2D eigenvalue weighted by molar-refractivity contribution is 5.99. The number of ketones is 4. The van der Waals surface area contributed by atoms with E-state index in [1.54, 1.807) is 0 Å². The lowest BCUT2D eigenvalue weighted by atomic mass is 9.99. The van der Waals surface area contributed by atoms with E-state index in [9.17, 15) is 38.4 Å². The number of benzene rings is 8. The fourth-order valence-corrected chi connectivity index (χ4v) is 8.65. The van der Waals surface area contributed by atoms with Crippen LogP contribution < -0.4 is 22.9 Å². The van der Waals surface area contributed by atoms with Crippen LogP contribution in [0.15, 0.2) is 194 Å². The first-order chi connectivity index (χ1) is 41.8. The Balaban J connectivity index is 0.000000253. The molecule has 8 aromatic rings. The van der Waals surface area contributed by atoms with Crippen LogP contribution in [0.2, 0.25) is 0 Å². The zero-order valence-electron chi connectivity index (χ0n) is 49.8. The second kappa shape index (κ2) is 35.7. The van der Waals surface area contributed by atoms with E-state index in [1.807, 2.05) is 222 Å². The number of hydrogen-bond donors (Lipinski definition) is 8. The van der Waals surface area contributed by atoms with Crippen LogP contribution in [-0.2, 0) is 70.5 Å². The van der Waals surface area contributed by atoms with Crippen molar-refractivity contribution in [1.82, 2.24) is 0 Å². The van der Waals surface area contributed by atoms with Crippen LogP contribution >= 0.6 is 0 Å². The van der Waals surface area contributed by atoms with E-state index in [1.165, 1.54) is 0 Å². The van der Waals surface area contributed by atoms with Crippen molar-refractivity contribution >= 4 is 47.0 Å². The first-order valence-electron chi connectivity index (χ1n) is 28.5. The summed E-state index contributed by atoms with van der Waals surface area (Å²) in [5, 5.41) is 35.2. The second-order valence-corrected chi connectivity index (χ2v) is 21.7. The van der Waals surface area contributed by atoms with Crippen molar-refractivity contribution in [1.29, 1.82) is 0 Å². The van der Waals surface area contributed by atoms with E-state index in [0.717, 1.165) is 66.8 Å². The number of aryl methyl sites for hydroxylation is 4. The van der Waals surface area contributed by atoms with Crippen LogP contribution in [0.1, 0.15) is 116 Å². The molecule has 0 bridgehead atoms. The molecule has 89 heavy (non-hydrogen) atoms. The lowest BCUT2D eigenvalue weighted by molar-refractivity contribution is -0.139. The Labute approximate surface area is 520 Å². The van der Waals surface area contributed by atoms with Gasteiger partial charge >= 0.3 is 23.9 Å². The Hall–Kier alpha value is -9.84. The highest BCUT2D eigenvalue weighted by Crippen LogP contribution is 2.17. The third kappa shape index (κ3) is 25.2. The van der Waals surface area contributed by atoms with Gasteiger partial charge in [0.2, 0.25) is 0 Å². The summed E-state index contributed by atoms with van der Waals surface area (Å²) in [6.07, 6.45) is 2.43. The van der Waals surface area contributed by atoms with Gasteiger partial charge in [0.05, 0.1) is 0 Å². The lowest BCUT2D eigenvalue weighted by Crippen LogP contribution is -2.32. The van der Waals surface area contributed by atoms with Gasteiger partial charge in [0.1, 0.15) is 24.2 Å².